The van der Waals surface area contributed by atoms with Crippen molar-refractivity contribution in [3.8, 4) is 0 Å². The van der Waals surface area contributed by atoms with Gasteiger partial charge in [0, 0.05) is 12.2 Å². The maximum absolute atomic E-state index is 10.9. The Kier molecular flexibility index (Phi) is 6.35. The second kappa shape index (κ2) is 6.96. The predicted molar refractivity (Wildman–Crippen MR) is 55.0 cm³/mol. The molecule has 0 aliphatic heterocycles. The third-order valence-corrected chi connectivity index (χ3v) is 2.79. The van der Waals surface area contributed by atoms with Crippen molar-refractivity contribution in [1.82, 2.24) is 4.72 Å². The minimum atomic E-state index is -3.39. The summed E-state index contributed by atoms with van der Waals surface area (Å²) in [6.07, 6.45) is 1.74. The number of methoxy groups -OCH3 is 1. The Hall–Kier alpha value is -1.41. The highest BCUT2D eigenvalue weighted by Crippen LogP contribution is 1.87. The van der Waals surface area contributed by atoms with Crippen LogP contribution < -0.4 is 4.72 Å². The highest BCUT2D eigenvalue weighted by molar-refractivity contribution is 7.89. The van der Waals surface area contributed by atoms with Crippen molar-refractivity contribution in [2.24, 2.45) is 0 Å². The summed E-state index contributed by atoms with van der Waals surface area (Å²) in [6.45, 7) is -0.284. The van der Waals surface area contributed by atoms with Crippen LogP contribution in [0.15, 0.2) is 12.2 Å². The minimum absolute atomic E-state index is 0.284. The van der Waals surface area contributed by atoms with Crippen LogP contribution >= 0.6 is 0 Å². The number of sulfonamides is 1. The number of carbonyl (C=O) groups excluding carboxylic acids is 2. The molecule has 0 fully saturated rings. The van der Waals surface area contributed by atoms with Gasteiger partial charge in [-0.15, -0.1) is 0 Å². The molecular formula is C8H13NO6S. The first-order valence-electron chi connectivity index (χ1n) is 4.25. The quantitative estimate of drug-likeness (QED) is 0.470. The molecule has 0 aromatic heterocycles. The molecule has 8 heteroatoms. The summed E-state index contributed by atoms with van der Waals surface area (Å²) in [5, 5.41) is 0. The van der Waals surface area contributed by atoms with E-state index in [9.17, 15) is 18.0 Å². The molecule has 0 radical (unpaired) electrons. The molecule has 0 aromatic carbocycles. The maximum atomic E-state index is 10.9. The number of rotatable bonds is 6. The molecule has 0 amide bonds. The van der Waals surface area contributed by atoms with Crippen molar-refractivity contribution in [2.75, 3.05) is 26.5 Å². The van der Waals surface area contributed by atoms with E-state index >= 15 is 0 Å². The van der Waals surface area contributed by atoms with Crippen LogP contribution in [0.4, 0.5) is 0 Å². The van der Waals surface area contributed by atoms with Gasteiger partial charge in [-0.05, 0) is 7.05 Å². The van der Waals surface area contributed by atoms with E-state index in [1.165, 1.54) is 7.05 Å². The monoisotopic (exact) mass is 251 g/mol. The molecule has 0 atom stereocenters. The van der Waals surface area contributed by atoms with Crippen LogP contribution in [-0.4, -0.2) is 46.9 Å². The summed E-state index contributed by atoms with van der Waals surface area (Å²) in [7, 11) is -0.972. The molecule has 0 unspecified atom stereocenters. The average molecular weight is 251 g/mol. The standard InChI is InChI=1S/C8H13NO6S/c1-9-16(12,13)6-5-15-8(11)4-3-7(10)14-2/h3-4,9H,5-6H2,1-2H3/b4-3+. The zero-order valence-corrected chi connectivity index (χ0v) is 9.74. The summed E-state index contributed by atoms with van der Waals surface area (Å²) >= 11 is 0. The Balaban J connectivity index is 3.92. The van der Waals surface area contributed by atoms with Gasteiger partial charge in [0.15, 0.2) is 0 Å². The topological polar surface area (TPSA) is 98.8 Å². The van der Waals surface area contributed by atoms with Gasteiger partial charge in [0.1, 0.15) is 6.61 Å². The average Bonchev–Trinajstić information content (AvgIpc) is 2.25. The van der Waals surface area contributed by atoms with Gasteiger partial charge in [-0.2, -0.15) is 0 Å². The number of carbonyl (C=O) groups is 2. The highest BCUT2D eigenvalue weighted by Gasteiger charge is 2.07. The van der Waals surface area contributed by atoms with Crippen molar-refractivity contribution in [3.63, 3.8) is 0 Å². The van der Waals surface area contributed by atoms with Gasteiger partial charge >= 0.3 is 11.9 Å². The summed E-state index contributed by atoms with van der Waals surface area (Å²) in [6, 6.07) is 0. The van der Waals surface area contributed by atoms with Crippen molar-refractivity contribution < 1.29 is 27.5 Å². The third-order valence-electron chi connectivity index (χ3n) is 1.46. The van der Waals surface area contributed by atoms with Gasteiger partial charge in [-0.1, -0.05) is 0 Å². The normalized spacial score (nSPS) is 11.4. The second-order valence-corrected chi connectivity index (χ2v) is 4.59. The Morgan fingerprint density at radius 3 is 2.31 bits per heavy atom. The summed E-state index contributed by atoms with van der Waals surface area (Å²) in [5.41, 5.74) is 0. The Labute approximate surface area is 93.5 Å². The van der Waals surface area contributed by atoms with Crippen LogP contribution in [0.1, 0.15) is 0 Å². The van der Waals surface area contributed by atoms with Gasteiger partial charge in [0.2, 0.25) is 10.0 Å². The summed E-state index contributed by atoms with van der Waals surface area (Å²) in [5.74, 6) is -1.84. The summed E-state index contributed by atoms with van der Waals surface area (Å²) < 4.78 is 32.6. The minimum Gasteiger partial charge on any atom is -0.466 e. The van der Waals surface area contributed by atoms with Crippen molar-refractivity contribution >= 4 is 22.0 Å². The smallest absolute Gasteiger partial charge is 0.331 e. The number of nitrogens with one attached hydrogen (secondary N) is 1. The molecule has 0 aliphatic rings. The molecule has 0 aromatic rings. The van der Waals surface area contributed by atoms with Crippen LogP contribution in [0.3, 0.4) is 0 Å². The third kappa shape index (κ3) is 6.96. The molecule has 0 saturated carbocycles. The fourth-order valence-corrected chi connectivity index (χ4v) is 1.11. The van der Waals surface area contributed by atoms with Gasteiger partial charge in [-0.3, -0.25) is 0 Å². The SMILES string of the molecule is CNS(=O)(=O)CCOC(=O)/C=C/C(=O)OC. The molecular weight excluding hydrogens is 238 g/mol. The fraction of sp³-hybridized carbons (Fsp3) is 0.500. The first kappa shape index (κ1) is 14.6. The van der Waals surface area contributed by atoms with Crippen molar-refractivity contribution in [1.29, 1.82) is 0 Å². The zero-order valence-electron chi connectivity index (χ0n) is 8.93. The van der Waals surface area contributed by atoms with E-state index in [1.54, 1.807) is 0 Å². The lowest BCUT2D eigenvalue weighted by Gasteiger charge is -2.02. The van der Waals surface area contributed by atoms with Crippen LogP contribution in [0.2, 0.25) is 0 Å². The molecule has 1 N–H and O–H groups in total. The lowest BCUT2D eigenvalue weighted by atomic mass is 10.5. The Morgan fingerprint density at radius 1 is 1.25 bits per heavy atom. The second-order valence-electron chi connectivity index (χ2n) is 2.55. The van der Waals surface area contributed by atoms with E-state index in [0.29, 0.717) is 0 Å². The predicted octanol–water partition coefficient (Wildman–Crippen LogP) is -1.19. The van der Waals surface area contributed by atoms with E-state index in [0.717, 1.165) is 19.3 Å². The number of hydrogen-bond donors (Lipinski definition) is 1. The van der Waals surface area contributed by atoms with E-state index in [2.05, 4.69) is 14.2 Å². The Bertz CT molecular complexity index is 372. The molecule has 0 rings (SSSR count). The lowest BCUT2D eigenvalue weighted by molar-refractivity contribution is -0.138. The van der Waals surface area contributed by atoms with Crippen molar-refractivity contribution in [3.05, 3.63) is 12.2 Å². The van der Waals surface area contributed by atoms with Gasteiger partial charge in [-0.25, -0.2) is 22.7 Å². The molecule has 7 nitrogen and oxygen atoms in total. The van der Waals surface area contributed by atoms with Crippen molar-refractivity contribution in [2.45, 2.75) is 0 Å². The molecule has 0 aliphatic carbocycles. The fourth-order valence-electron chi connectivity index (χ4n) is 0.606. The first-order chi connectivity index (χ1) is 7.41. The van der Waals surface area contributed by atoms with E-state index < -0.39 is 22.0 Å². The van der Waals surface area contributed by atoms with E-state index in [4.69, 9.17) is 0 Å². The van der Waals surface area contributed by atoms with Crippen LogP contribution in [0.25, 0.3) is 0 Å². The maximum Gasteiger partial charge on any atom is 0.331 e. The Morgan fingerprint density at radius 2 is 1.81 bits per heavy atom. The number of esters is 2. The number of hydrogen-bond acceptors (Lipinski definition) is 6. The first-order valence-corrected chi connectivity index (χ1v) is 5.90. The van der Waals surface area contributed by atoms with Gasteiger partial charge in [0.05, 0.1) is 12.9 Å². The molecule has 92 valence electrons. The molecule has 0 bridgehead atoms. The molecule has 0 saturated heterocycles. The lowest BCUT2D eigenvalue weighted by Crippen LogP contribution is -2.25. The van der Waals surface area contributed by atoms with Crippen LogP contribution in [0, 0.1) is 0 Å². The molecule has 16 heavy (non-hydrogen) atoms. The molecule has 0 heterocycles. The van der Waals surface area contributed by atoms with Gasteiger partial charge in [0.25, 0.3) is 0 Å². The zero-order chi connectivity index (χ0) is 12.6. The number of ether oxygens (including phenoxy) is 2. The highest BCUT2D eigenvalue weighted by atomic mass is 32.2. The summed E-state index contributed by atoms with van der Waals surface area (Å²) in [4.78, 5) is 21.5. The van der Waals surface area contributed by atoms with E-state index in [1.807, 2.05) is 0 Å². The van der Waals surface area contributed by atoms with Crippen LogP contribution in [0.5, 0.6) is 0 Å². The van der Waals surface area contributed by atoms with E-state index in [-0.39, 0.29) is 12.4 Å². The largest absolute Gasteiger partial charge is 0.466 e. The van der Waals surface area contributed by atoms with Crippen LogP contribution in [-0.2, 0) is 29.1 Å². The molecule has 0 spiro atoms. The van der Waals surface area contributed by atoms with Gasteiger partial charge < -0.3 is 9.47 Å².